The van der Waals surface area contributed by atoms with E-state index in [9.17, 15) is 9.59 Å². The largest absolute Gasteiger partial charge is 0.349 e. The van der Waals surface area contributed by atoms with E-state index in [1.165, 1.54) is 0 Å². The van der Waals surface area contributed by atoms with Gasteiger partial charge in [-0.25, -0.2) is 0 Å². The van der Waals surface area contributed by atoms with Crippen molar-refractivity contribution in [1.29, 1.82) is 0 Å². The molecule has 0 heterocycles. The number of carbonyl (C=O) groups excluding carboxylic acids is 2. The zero-order valence-corrected chi connectivity index (χ0v) is 15.1. The van der Waals surface area contributed by atoms with Crippen LogP contribution >= 0.6 is 11.6 Å². The van der Waals surface area contributed by atoms with Crippen molar-refractivity contribution in [2.75, 3.05) is 11.9 Å². The van der Waals surface area contributed by atoms with Crippen molar-refractivity contribution in [3.8, 4) is 0 Å². The van der Waals surface area contributed by atoms with Gasteiger partial charge in [0.25, 0.3) is 11.8 Å². The highest BCUT2D eigenvalue weighted by atomic mass is 35.5. The van der Waals surface area contributed by atoms with Crippen LogP contribution in [0.5, 0.6) is 0 Å². The van der Waals surface area contributed by atoms with Gasteiger partial charge in [-0.2, -0.15) is 0 Å². The lowest BCUT2D eigenvalue weighted by molar-refractivity contribution is 0.0929. The maximum Gasteiger partial charge on any atom is 0.255 e. The molecule has 2 atom stereocenters. The Kier molecular flexibility index (Phi) is 5.91. The molecule has 1 aliphatic rings. The summed E-state index contributed by atoms with van der Waals surface area (Å²) in [6.45, 7) is 0.569. The summed E-state index contributed by atoms with van der Waals surface area (Å²) in [5.74, 6) is -0.167. The number of rotatable bonds is 5. The molecule has 0 saturated heterocycles. The van der Waals surface area contributed by atoms with E-state index in [0.29, 0.717) is 34.3 Å². The lowest BCUT2D eigenvalue weighted by Gasteiger charge is -2.20. The first-order valence-electron chi connectivity index (χ1n) is 8.75. The minimum absolute atomic E-state index is 0.0903. The summed E-state index contributed by atoms with van der Waals surface area (Å²) in [5.41, 5.74) is 7.19. The number of amides is 2. The van der Waals surface area contributed by atoms with Gasteiger partial charge < -0.3 is 16.4 Å². The molecule has 2 unspecified atom stereocenters. The van der Waals surface area contributed by atoms with Crippen molar-refractivity contribution < 1.29 is 9.59 Å². The zero-order valence-electron chi connectivity index (χ0n) is 14.4. The van der Waals surface area contributed by atoms with Crippen LogP contribution in [-0.4, -0.2) is 24.4 Å². The Morgan fingerprint density at radius 1 is 1.04 bits per heavy atom. The van der Waals surface area contributed by atoms with Gasteiger partial charge in [-0.3, -0.25) is 9.59 Å². The Labute approximate surface area is 157 Å². The molecule has 1 saturated carbocycles. The molecule has 2 aromatic carbocycles. The Balaban J connectivity index is 1.74. The number of nitrogens with one attached hydrogen (secondary N) is 2. The number of nitrogens with two attached hydrogens (primary N) is 1. The summed E-state index contributed by atoms with van der Waals surface area (Å²) in [6, 6.07) is 13.7. The molecule has 0 bridgehead atoms. The van der Waals surface area contributed by atoms with Gasteiger partial charge in [0, 0.05) is 16.6 Å². The van der Waals surface area contributed by atoms with Gasteiger partial charge in [0.2, 0.25) is 0 Å². The quantitative estimate of drug-likeness (QED) is 0.752. The Morgan fingerprint density at radius 3 is 2.50 bits per heavy atom. The van der Waals surface area contributed by atoms with E-state index in [0.717, 1.165) is 19.3 Å². The van der Waals surface area contributed by atoms with Crippen LogP contribution in [0.1, 0.15) is 40.0 Å². The van der Waals surface area contributed by atoms with Gasteiger partial charge in [-0.1, -0.05) is 30.2 Å². The van der Waals surface area contributed by atoms with Gasteiger partial charge >= 0.3 is 0 Å². The molecular weight excluding hydrogens is 350 g/mol. The van der Waals surface area contributed by atoms with Crippen LogP contribution in [0.4, 0.5) is 5.69 Å². The number of halogens is 1. The Morgan fingerprint density at radius 2 is 1.77 bits per heavy atom. The molecule has 26 heavy (non-hydrogen) atoms. The van der Waals surface area contributed by atoms with E-state index < -0.39 is 0 Å². The van der Waals surface area contributed by atoms with Crippen molar-refractivity contribution in [3.05, 3.63) is 64.7 Å². The Bertz CT molecular complexity index is 792. The third kappa shape index (κ3) is 4.23. The molecule has 6 heteroatoms. The number of anilines is 1. The fraction of sp³-hybridized carbons (Fsp3) is 0.300. The van der Waals surface area contributed by atoms with Gasteiger partial charge in [0.1, 0.15) is 0 Å². The van der Waals surface area contributed by atoms with E-state index in [2.05, 4.69) is 10.6 Å². The lowest BCUT2D eigenvalue weighted by atomic mass is 10.0. The highest BCUT2D eigenvalue weighted by molar-refractivity contribution is 6.30. The second-order valence-electron chi connectivity index (χ2n) is 6.51. The van der Waals surface area contributed by atoms with Gasteiger partial charge in [0.05, 0.1) is 11.3 Å². The first-order chi connectivity index (χ1) is 12.6. The molecule has 1 fully saturated rings. The van der Waals surface area contributed by atoms with Crippen molar-refractivity contribution >= 4 is 29.1 Å². The fourth-order valence-corrected chi connectivity index (χ4v) is 3.47. The van der Waals surface area contributed by atoms with E-state index in [1.54, 1.807) is 48.5 Å². The van der Waals surface area contributed by atoms with Gasteiger partial charge in [0.15, 0.2) is 0 Å². The monoisotopic (exact) mass is 371 g/mol. The molecule has 5 nitrogen and oxygen atoms in total. The highest BCUT2D eigenvalue weighted by Gasteiger charge is 2.28. The predicted octanol–water partition coefficient (Wildman–Crippen LogP) is 3.45. The number of benzene rings is 2. The zero-order chi connectivity index (χ0) is 18.5. The Hall–Kier alpha value is -2.37. The van der Waals surface area contributed by atoms with Crippen LogP contribution in [0.25, 0.3) is 0 Å². The molecule has 0 radical (unpaired) electrons. The summed E-state index contributed by atoms with van der Waals surface area (Å²) >= 11 is 5.85. The first kappa shape index (κ1) is 18.4. The number of hydrogen-bond acceptors (Lipinski definition) is 3. The molecule has 2 amide bonds. The smallest absolute Gasteiger partial charge is 0.255 e. The van der Waals surface area contributed by atoms with Crippen LogP contribution < -0.4 is 16.4 Å². The van der Waals surface area contributed by atoms with E-state index in [4.69, 9.17) is 17.3 Å². The third-order valence-corrected chi connectivity index (χ3v) is 5.06. The van der Waals surface area contributed by atoms with Crippen molar-refractivity contribution in [3.63, 3.8) is 0 Å². The van der Waals surface area contributed by atoms with Crippen LogP contribution in [0.15, 0.2) is 48.5 Å². The van der Waals surface area contributed by atoms with E-state index in [1.807, 2.05) is 0 Å². The number of para-hydroxylation sites is 1. The standard InChI is InChI=1S/C20H22ClN3O2/c21-15-10-8-13(9-11-15)19(25)24-18-6-2-1-5-16(18)20(26)23-17-7-3-4-14(17)12-22/h1-2,5-6,8-11,14,17H,3-4,7,12,22H2,(H,23,26)(H,24,25). The summed E-state index contributed by atoms with van der Waals surface area (Å²) in [6.07, 6.45) is 3.05. The normalized spacial score (nSPS) is 19.2. The minimum atomic E-state index is -0.289. The summed E-state index contributed by atoms with van der Waals surface area (Å²) in [7, 11) is 0. The average Bonchev–Trinajstić information content (AvgIpc) is 3.09. The predicted molar refractivity (Wildman–Crippen MR) is 103 cm³/mol. The molecule has 0 spiro atoms. The third-order valence-electron chi connectivity index (χ3n) is 4.80. The lowest BCUT2D eigenvalue weighted by Crippen LogP contribution is -2.40. The summed E-state index contributed by atoms with van der Waals surface area (Å²) in [5, 5.41) is 6.44. The summed E-state index contributed by atoms with van der Waals surface area (Å²) in [4.78, 5) is 25.2. The number of carbonyl (C=O) groups is 2. The first-order valence-corrected chi connectivity index (χ1v) is 9.13. The highest BCUT2D eigenvalue weighted by Crippen LogP contribution is 2.25. The molecule has 136 valence electrons. The van der Waals surface area contributed by atoms with Crippen LogP contribution in [0.2, 0.25) is 5.02 Å². The van der Waals surface area contributed by atoms with Crippen molar-refractivity contribution in [2.45, 2.75) is 25.3 Å². The van der Waals surface area contributed by atoms with Crippen LogP contribution in [-0.2, 0) is 0 Å². The molecule has 1 aliphatic carbocycles. The summed E-state index contributed by atoms with van der Waals surface area (Å²) < 4.78 is 0. The fourth-order valence-electron chi connectivity index (χ4n) is 3.34. The second kappa shape index (κ2) is 8.34. The second-order valence-corrected chi connectivity index (χ2v) is 6.95. The molecule has 2 aromatic rings. The average molecular weight is 372 g/mol. The van der Waals surface area contributed by atoms with E-state index >= 15 is 0 Å². The molecule has 3 rings (SSSR count). The van der Waals surface area contributed by atoms with Crippen LogP contribution in [0, 0.1) is 5.92 Å². The molecule has 0 aromatic heterocycles. The maximum absolute atomic E-state index is 12.7. The topological polar surface area (TPSA) is 84.2 Å². The van der Waals surface area contributed by atoms with Crippen molar-refractivity contribution in [1.82, 2.24) is 5.32 Å². The van der Waals surface area contributed by atoms with Crippen LogP contribution in [0.3, 0.4) is 0 Å². The molecule has 4 N–H and O–H groups in total. The minimum Gasteiger partial charge on any atom is -0.349 e. The van der Waals surface area contributed by atoms with Crippen molar-refractivity contribution in [2.24, 2.45) is 11.7 Å². The van der Waals surface area contributed by atoms with Gasteiger partial charge in [-0.05, 0) is 61.7 Å². The van der Waals surface area contributed by atoms with E-state index in [-0.39, 0.29) is 17.9 Å². The van der Waals surface area contributed by atoms with Gasteiger partial charge in [-0.15, -0.1) is 0 Å². The SMILES string of the molecule is NCC1CCCC1NC(=O)c1ccccc1NC(=O)c1ccc(Cl)cc1. The molecular formula is C20H22ClN3O2. The maximum atomic E-state index is 12.7. The number of hydrogen-bond donors (Lipinski definition) is 3. The molecule has 0 aliphatic heterocycles.